The van der Waals surface area contributed by atoms with Gasteiger partial charge in [-0.2, -0.15) is 0 Å². The molecule has 0 radical (unpaired) electrons. The van der Waals surface area contributed by atoms with Gasteiger partial charge >= 0.3 is 6.03 Å². The summed E-state index contributed by atoms with van der Waals surface area (Å²) in [5.41, 5.74) is 0. The van der Waals surface area contributed by atoms with E-state index in [0.29, 0.717) is 12.5 Å². The summed E-state index contributed by atoms with van der Waals surface area (Å²) in [5, 5.41) is 2.97. The van der Waals surface area contributed by atoms with Crippen molar-refractivity contribution in [2.45, 2.75) is 38.8 Å². The van der Waals surface area contributed by atoms with Crippen LogP contribution in [0.2, 0.25) is 0 Å². The van der Waals surface area contributed by atoms with Gasteiger partial charge in [-0.05, 0) is 12.8 Å². The van der Waals surface area contributed by atoms with Crippen LogP contribution < -0.4 is 5.32 Å². The van der Waals surface area contributed by atoms with E-state index in [4.69, 9.17) is 4.74 Å². The maximum atomic E-state index is 12.0. The highest BCUT2D eigenvalue weighted by Crippen LogP contribution is 2.19. The molecule has 2 fully saturated rings. The Hall–Kier alpha value is -1.56. The van der Waals surface area contributed by atoms with E-state index in [1.54, 1.807) is 0 Å². The van der Waals surface area contributed by atoms with Gasteiger partial charge in [-0.3, -0.25) is 0 Å². The molecule has 3 rings (SSSR count). The molecule has 1 N–H and O–H groups in total. The number of urea groups is 1. The summed E-state index contributed by atoms with van der Waals surface area (Å²) in [7, 11) is 0. The van der Waals surface area contributed by atoms with Crippen LogP contribution in [0.5, 0.6) is 0 Å². The largest absolute Gasteiger partial charge is 0.376 e. The predicted molar refractivity (Wildman–Crippen MR) is 79.0 cm³/mol. The van der Waals surface area contributed by atoms with E-state index in [9.17, 15) is 4.79 Å². The molecule has 0 aliphatic carbocycles. The summed E-state index contributed by atoms with van der Waals surface area (Å²) in [6.45, 7) is 6.21. The molecule has 2 aliphatic heterocycles. The minimum atomic E-state index is 0.0445. The Balaban J connectivity index is 1.37. The molecule has 1 atom stereocenters. The van der Waals surface area contributed by atoms with Crippen LogP contribution in [-0.4, -0.2) is 52.8 Å². The van der Waals surface area contributed by atoms with Gasteiger partial charge in [0.15, 0.2) is 0 Å². The van der Waals surface area contributed by atoms with Crippen LogP contribution in [-0.2, 0) is 17.7 Å². The lowest BCUT2D eigenvalue weighted by atomic mass is 10.0. The lowest BCUT2D eigenvalue weighted by Gasteiger charge is -2.39. The van der Waals surface area contributed by atoms with Crippen LogP contribution in [0, 0.1) is 5.92 Å². The minimum absolute atomic E-state index is 0.0445. The number of nitrogens with one attached hydrogen (secondary N) is 1. The molecular weight excluding hydrogens is 268 g/mol. The number of likely N-dealkylation sites (tertiary alicyclic amines) is 1. The lowest BCUT2D eigenvalue weighted by Crippen LogP contribution is -2.55. The summed E-state index contributed by atoms with van der Waals surface area (Å²) in [6, 6.07) is 0.0445. The fraction of sp³-hybridized carbons (Fsp3) is 0.733. The normalized spacial score (nSPS) is 22.3. The third kappa shape index (κ3) is 3.37. The molecule has 1 unspecified atom stereocenters. The highest BCUT2D eigenvalue weighted by atomic mass is 16.5. The van der Waals surface area contributed by atoms with E-state index < -0.39 is 0 Å². The zero-order valence-corrected chi connectivity index (χ0v) is 12.6. The van der Waals surface area contributed by atoms with E-state index >= 15 is 0 Å². The van der Waals surface area contributed by atoms with Crippen molar-refractivity contribution in [3.05, 3.63) is 18.2 Å². The minimum Gasteiger partial charge on any atom is -0.376 e. The molecule has 0 spiro atoms. The van der Waals surface area contributed by atoms with Gasteiger partial charge in [-0.1, -0.05) is 6.92 Å². The van der Waals surface area contributed by atoms with Crippen molar-refractivity contribution in [1.29, 1.82) is 0 Å². The van der Waals surface area contributed by atoms with Crippen molar-refractivity contribution in [2.24, 2.45) is 5.92 Å². The number of rotatable bonds is 5. The van der Waals surface area contributed by atoms with Crippen molar-refractivity contribution >= 4 is 6.03 Å². The number of ether oxygens (including phenoxy) is 1. The smallest absolute Gasteiger partial charge is 0.317 e. The summed E-state index contributed by atoms with van der Waals surface area (Å²) in [6.07, 6.45) is 7.21. The highest BCUT2D eigenvalue weighted by molar-refractivity contribution is 5.75. The van der Waals surface area contributed by atoms with Crippen molar-refractivity contribution in [2.75, 3.05) is 26.2 Å². The van der Waals surface area contributed by atoms with Crippen LogP contribution in [0.15, 0.2) is 12.4 Å². The summed E-state index contributed by atoms with van der Waals surface area (Å²) >= 11 is 0. The average molecular weight is 292 g/mol. The van der Waals surface area contributed by atoms with Crippen LogP contribution in [0.25, 0.3) is 0 Å². The Morgan fingerprint density at radius 3 is 3.10 bits per heavy atom. The Kier molecular flexibility index (Phi) is 4.43. The van der Waals surface area contributed by atoms with E-state index in [1.807, 2.05) is 17.3 Å². The molecule has 116 valence electrons. The van der Waals surface area contributed by atoms with Gasteiger partial charge in [-0.25, -0.2) is 9.78 Å². The van der Waals surface area contributed by atoms with Gasteiger partial charge < -0.3 is 19.5 Å². The molecule has 6 heteroatoms. The predicted octanol–water partition coefficient (Wildman–Crippen LogP) is 1.27. The van der Waals surface area contributed by atoms with Crippen molar-refractivity contribution in [1.82, 2.24) is 19.8 Å². The van der Waals surface area contributed by atoms with Crippen LogP contribution in [0.3, 0.4) is 0 Å². The van der Waals surface area contributed by atoms with Gasteiger partial charge in [0.25, 0.3) is 0 Å². The number of nitrogens with zero attached hydrogens (tertiary/aromatic N) is 3. The number of imidazole rings is 1. The molecule has 1 aromatic rings. The lowest BCUT2D eigenvalue weighted by molar-refractivity contribution is 0.0927. The van der Waals surface area contributed by atoms with E-state index in [0.717, 1.165) is 51.3 Å². The first-order valence-electron chi connectivity index (χ1n) is 7.90. The van der Waals surface area contributed by atoms with Crippen molar-refractivity contribution in [3.8, 4) is 0 Å². The van der Waals surface area contributed by atoms with Crippen LogP contribution >= 0.6 is 0 Å². The van der Waals surface area contributed by atoms with Crippen LogP contribution in [0.4, 0.5) is 4.79 Å². The Morgan fingerprint density at radius 1 is 1.52 bits per heavy atom. The fourth-order valence-electron chi connectivity index (χ4n) is 3.07. The third-order valence-electron chi connectivity index (χ3n) is 4.32. The summed E-state index contributed by atoms with van der Waals surface area (Å²) < 4.78 is 7.71. The molecule has 2 saturated heterocycles. The highest BCUT2D eigenvalue weighted by Gasteiger charge is 2.31. The number of hydrogen-bond acceptors (Lipinski definition) is 3. The molecule has 2 amide bonds. The molecule has 1 aromatic heterocycles. The molecule has 6 nitrogen and oxygen atoms in total. The van der Waals surface area contributed by atoms with E-state index in [1.165, 1.54) is 0 Å². The number of hydrogen-bond donors (Lipinski definition) is 1. The second-order valence-corrected chi connectivity index (χ2v) is 5.94. The van der Waals surface area contributed by atoms with Gasteiger partial charge in [0.1, 0.15) is 5.82 Å². The molecule has 0 bridgehead atoms. The van der Waals surface area contributed by atoms with Crippen molar-refractivity contribution < 1.29 is 9.53 Å². The number of carbonyl (C=O) groups excluding carboxylic acids is 1. The number of carbonyl (C=O) groups is 1. The summed E-state index contributed by atoms with van der Waals surface area (Å²) in [5.74, 6) is 1.66. The quantitative estimate of drug-likeness (QED) is 0.889. The molecular formula is C15H24N4O2. The zero-order chi connectivity index (χ0) is 14.7. The number of amides is 2. The van der Waals surface area contributed by atoms with Gasteiger partial charge in [0.05, 0.1) is 6.10 Å². The average Bonchev–Trinajstić information content (AvgIpc) is 3.10. The maximum Gasteiger partial charge on any atom is 0.317 e. The summed E-state index contributed by atoms with van der Waals surface area (Å²) in [4.78, 5) is 18.2. The van der Waals surface area contributed by atoms with Gasteiger partial charge in [0.2, 0.25) is 0 Å². The topological polar surface area (TPSA) is 59.4 Å². The fourth-order valence-corrected chi connectivity index (χ4v) is 3.07. The zero-order valence-electron chi connectivity index (χ0n) is 12.6. The first kappa shape index (κ1) is 14.4. The maximum absolute atomic E-state index is 12.0. The molecule has 21 heavy (non-hydrogen) atoms. The molecule has 0 saturated carbocycles. The van der Waals surface area contributed by atoms with Crippen molar-refractivity contribution in [3.63, 3.8) is 0 Å². The SMILES string of the molecule is CCc1nccn1CC1CN(C(=O)NCC2CCCO2)C1. The number of aryl methyl sites for hydroxylation is 1. The Labute approximate surface area is 125 Å². The Morgan fingerprint density at radius 2 is 2.38 bits per heavy atom. The second kappa shape index (κ2) is 6.47. The first-order valence-corrected chi connectivity index (χ1v) is 7.90. The second-order valence-electron chi connectivity index (χ2n) is 5.94. The van der Waals surface area contributed by atoms with E-state index in [-0.39, 0.29) is 12.1 Å². The molecule has 0 aromatic carbocycles. The Bertz CT molecular complexity index is 476. The molecule has 2 aliphatic rings. The monoisotopic (exact) mass is 292 g/mol. The van der Waals surface area contributed by atoms with Crippen LogP contribution in [0.1, 0.15) is 25.6 Å². The van der Waals surface area contributed by atoms with E-state index in [2.05, 4.69) is 21.8 Å². The standard InChI is InChI=1S/C15H24N4O2/c1-2-14-16-5-6-18(14)9-12-10-19(11-12)15(20)17-8-13-4-3-7-21-13/h5-6,12-13H,2-4,7-11H2,1H3,(H,17,20). The first-order chi connectivity index (χ1) is 10.3. The third-order valence-corrected chi connectivity index (χ3v) is 4.32. The van der Waals surface area contributed by atoms with Gasteiger partial charge in [0, 0.05) is 57.5 Å². The number of aromatic nitrogens is 2. The van der Waals surface area contributed by atoms with Gasteiger partial charge in [-0.15, -0.1) is 0 Å². The molecule has 3 heterocycles.